The van der Waals surface area contributed by atoms with E-state index in [-0.39, 0.29) is 31.4 Å². The number of fused-ring (bicyclic) bond motifs is 1. The van der Waals surface area contributed by atoms with E-state index in [1.807, 2.05) is 22.2 Å². The van der Waals surface area contributed by atoms with Crippen molar-refractivity contribution in [3.8, 4) is 10.6 Å². The normalized spacial score (nSPS) is 13.1. The van der Waals surface area contributed by atoms with Gasteiger partial charge in [-0.3, -0.25) is 19.3 Å². The summed E-state index contributed by atoms with van der Waals surface area (Å²) in [4.78, 5) is 42.0. The highest BCUT2D eigenvalue weighted by Gasteiger charge is 2.35. The van der Waals surface area contributed by atoms with E-state index in [4.69, 9.17) is 4.74 Å². The van der Waals surface area contributed by atoms with Gasteiger partial charge in [-0.25, -0.2) is 4.98 Å². The minimum atomic E-state index is -0.475. The molecule has 0 bridgehead atoms. The third-order valence-corrected chi connectivity index (χ3v) is 5.74. The maximum Gasteiger partial charge on any atom is 0.307 e. The summed E-state index contributed by atoms with van der Waals surface area (Å²) in [6.07, 6.45) is -0.0486. The summed E-state index contributed by atoms with van der Waals surface area (Å²) in [5, 5.41) is 6.73. The summed E-state index contributed by atoms with van der Waals surface area (Å²) in [7, 11) is 0. The first-order valence-corrected chi connectivity index (χ1v) is 10.0. The SMILES string of the molecule is O=C(CCN1C(=O)c2ccccc2C1=O)OCc1csc(-c2ccsc2)n1. The van der Waals surface area contributed by atoms with Gasteiger partial charge in [0.1, 0.15) is 11.6 Å². The van der Waals surface area contributed by atoms with E-state index in [0.717, 1.165) is 15.5 Å². The molecule has 27 heavy (non-hydrogen) atoms. The van der Waals surface area contributed by atoms with E-state index >= 15 is 0 Å². The maximum atomic E-state index is 12.3. The topological polar surface area (TPSA) is 76.6 Å². The quantitative estimate of drug-likeness (QED) is 0.468. The van der Waals surface area contributed by atoms with E-state index < -0.39 is 5.97 Å². The van der Waals surface area contributed by atoms with Crippen molar-refractivity contribution in [2.75, 3.05) is 6.54 Å². The smallest absolute Gasteiger partial charge is 0.307 e. The Kier molecular flexibility index (Phi) is 4.83. The molecule has 0 atom stereocenters. The highest BCUT2D eigenvalue weighted by Crippen LogP contribution is 2.26. The molecule has 0 radical (unpaired) electrons. The van der Waals surface area contributed by atoms with Crippen molar-refractivity contribution >= 4 is 40.5 Å². The van der Waals surface area contributed by atoms with Crippen LogP contribution in [-0.2, 0) is 16.1 Å². The standard InChI is InChI=1S/C19H14N2O4S2/c22-16(25-9-13-11-27-17(20-13)12-6-8-26-10-12)5-7-21-18(23)14-3-1-2-4-15(14)19(21)24/h1-4,6,8,10-11H,5,7,9H2. The fraction of sp³-hybridized carbons (Fsp3) is 0.158. The molecular weight excluding hydrogens is 384 g/mol. The first-order valence-electron chi connectivity index (χ1n) is 8.21. The summed E-state index contributed by atoms with van der Waals surface area (Å²) < 4.78 is 5.22. The minimum absolute atomic E-state index is 0.00238. The molecular formula is C19H14N2O4S2. The third-order valence-electron chi connectivity index (χ3n) is 4.12. The molecule has 1 aliphatic heterocycles. The Hall–Kier alpha value is -2.84. The molecule has 0 saturated heterocycles. The zero-order valence-electron chi connectivity index (χ0n) is 14.1. The van der Waals surface area contributed by atoms with Crippen LogP contribution in [0.1, 0.15) is 32.8 Å². The molecule has 6 nitrogen and oxygen atoms in total. The van der Waals surface area contributed by atoms with Gasteiger partial charge in [-0.05, 0) is 23.6 Å². The Morgan fingerprint density at radius 1 is 1.07 bits per heavy atom. The lowest BCUT2D eigenvalue weighted by Crippen LogP contribution is -2.32. The Balaban J connectivity index is 1.30. The molecule has 0 spiro atoms. The maximum absolute atomic E-state index is 12.3. The third kappa shape index (κ3) is 3.54. The Morgan fingerprint density at radius 2 is 1.81 bits per heavy atom. The number of amides is 2. The largest absolute Gasteiger partial charge is 0.459 e. The minimum Gasteiger partial charge on any atom is -0.459 e. The number of nitrogens with zero attached hydrogens (tertiary/aromatic N) is 2. The Morgan fingerprint density at radius 3 is 2.48 bits per heavy atom. The van der Waals surface area contributed by atoms with Gasteiger partial charge >= 0.3 is 5.97 Å². The number of rotatable bonds is 6. The lowest BCUT2D eigenvalue weighted by molar-refractivity contribution is -0.145. The van der Waals surface area contributed by atoms with Gasteiger partial charge in [0.15, 0.2) is 0 Å². The number of thiazole rings is 1. The van der Waals surface area contributed by atoms with Crippen molar-refractivity contribution in [2.24, 2.45) is 0 Å². The highest BCUT2D eigenvalue weighted by atomic mass is 32.1. The number of ether oxygens (including phenoxy) is 1. The number of imide groups is 1. The van der Waals surface area contributed by atoms with E-state index in [1.54, 1.807) is 35.6 Å². The number of hydrogen-bond acceptors (Lipinski definition) is 7. The average Bonchev–Trinajstić information content (AvgIpc) is 3.41. The van der Waals surface area contributed by atoms with Crippen molar-refractivity contribution in [2.45, 2.75) is 13.0 Å². The highest BCUT2D eigenvalue weighted by molar-refractivity contribution is 7.14. The van der Waals surface area contributed by atoms with Gasteiger partial charge < -0.3 is 4.74 Å². The second-order valence-electron chi connectivity index (χ2n) is 5.87. The van der Waals surface area contributed by atoms with Crippen LogP contribution in [0.4, 0.5) is 0 Å². The summed E-state index contributed by atoms with van der Waals surface area (Å²) in [5.41, 5.74) is 2.47. The van der Waals surface area contributed by atoms with Crippen LogP contribution in [0, 0.1) is 0 Å². The van der Waals surface area contributed by atoms with Crippen LogP contribution < -0.4 is 0 Å². The number of esters is 1. The fourth-order valence-electron chi connectivity index (χ4n) is 2.76. The summed E-state index contributed by atoms with van der Waals surface area (Å²) in [5.74, 6) is -1.22. The van der Waals surface area contributed by atoms with Crippen LogP contribution in [0.5, 0.6) is 0 Å². The van der Waals surface area contributed by atoms with Crippen molar-refractivity contribution < 1.29 is 19.1 Å². The lowest BCUT2D eigenvalue weighted by Gasteiger charge is -2.12. The second-order valence-corrected chi connectivity index (χ2v) is 7.51. The molecule has 0 unspecified atom stereocenters. The molecule has 1 aromatic carbocycles. The van der Waals surface area contributed by atoms with Crippen molar-refractivity contribution in [3.05, 3.63) is 63.3 Å². The van der Waals surface area contributed by atoms with Gasteiger partial charge in [0.05, 0.1) is 23.2 Å². The van der Waals surface area contributed by atoms with Gasteiger partial charge in [-0.2, -0.15) is 11.3 Å². The Bertz CT molecular complexity index is 975. The summed E-state index contributed by atoms with van der Waals surface area (Å²) in [6.45, 7) is 0.0734. The molecule has 4 rings (SSSR count). The molecule has 0 aliphatic carbocycles. The van der Waals surface area contributed by atoms with Crippen LogP contribution >= 0.6 is 22.7 Å². The number of benzene rings is 1. The van der Waals surface area contributed by atoms with E-state index in [1.165, 1.54) is 11.3 Å². The number of aromatic nitrogens is 1. The van der Waals surface area contributed by atoms with Gasteiger partial charge in [-0.15, -0.1) is 11.3 Å². The van der Waals surface area contributed by atoms with E-state index in [0.29, 0.717) is 16.8 Å². The lowest BCUT2D eigenvalue weighted by atomic mass is 10.1. The molecule has 1 aliphatic rings. The van der Waals surface area contributed by atoms with Gasteiger partial charge in [0.25, 0.3) is 11.8 Å². The van der Waals surface area contributed by atoms with E-state index in [2.05, 4.69) is 4.98 Å². The summed E-state index contributed by atoms with van der Waals surface area (Å²) >= 11 is 3.09. The van der Waals surface area contributed by atoms with Crippen LogP contribution in [0.2, 0.25) is 0 Å². The number of thiophene rings is 1. The summed E-state index contributed by atoms with van der Waals surface area (Å²) in [6, 6.07) is 8.63. The molecule has 136 valence electrons. The van der Waals surface area contributed by atoms with Crippen molar-refractivity contribution in [3.63, 3.8) is 0 Å². The van der Waals surface area contributed by atoms with Crippen molar-refractivity contribution in [1.29, 1.82) is 0 Å². The van der Waals surface area contributed by atoms with Crippen LogP contribution in [0.25, 0.3) is 10.6 Å². The Labute approximate surface area is 163 Å². The molecule has 2 aromatic heterocycles. The molecule has 3 aromatic rings. The predicted molar refractivity (Wildman–Crippen MR) is 102 cm³/mol. The number of hydrogen-bond donors (Lipinski definition) is 0. The van der Waals surface area contributed by atoms with Gasteiger partial charge in [0.2, 0.25) is 0 Å². The fourth-order valence-corrected chi connectivity index (χ4v) is 4.28. The second kappa shape index (κ2) is 7.42. The molecule has 2 amide bonds. The predicted octanol–water partition coefficient (Wildman–Crippen LogP) is 3.60. The van der Waals surface area contributed by atoms with Crippen LogP contribution in [-0.4, -0.2) is 34.2 Å². The van der Waals surface area contributed by atoms with Gasteiger partial charge in [0, 0.05) is 22.9 Å². The van der Waals surface area contributed by atoms with Gasteiger partial charge in [-0.1, -0.05) is 12.1 Å². The molecule has 3 heterocycles. The van der Waals surface area contributed by atoms with Crippen molar-refractivity contribution in [1.82, 2.24) is 9.88 Å². The average molecular weight is 398 g/mol. The number of carbonyl (C=O) groups is 3. The number of carbonyl (C=O) groups excluding carboxylic acids is 3. The van der Waals surface area contributed by atoms with Crippen LogP contribution in [0.3, 0.4) is 0 Å². The first-order chi connectivity index (χ1) is 13.1. The molecule has 0 N–H and O–H groups in total. The zero-order valence-corrected chi connectivity index (χ0v) is 15.7. The van der Waals surface area contributed by atoms with Crippen LogP contribution in [0.15, 0.2) is 46.5 Å². The zero-order chi connectivity index (χ0) is 18.8. The first kappa shape index (κ1) is 17.6. The van der Waals surface area contributed by atoms with E-state index in [9.17, 15) is 14.4 Å². The molecule has 0 saturated carbocycles. The molecule has 8 heteroatoms. The monoisotopic (exact) mass is 398 g/mol. The molecule has 0 fully saturated rings.